The van der Waals surface area contributed by atoms with Gasteiger partial charge in [-0.2, -0.15) is 0 Å². The van der Waals surface area contributed by atoms with Crippen LogP contribution in [0.2, 0.25) is 0 Å². The molecule has 8 heteroatoms. The highest BCUT2D eigenvalue weighted by Gasteiger charge is 2.35. The molecule has 3 rings (SSSR count). The van der Waals surface area contributed by atoms with Crippen LogP contribution in [0.3, 0.4) is 0 Å². The molecule has 1 aliphatic carbocycles. The van der Waals surface area contributed by atoms with Crippen LogP contribution in [0.15, 0.2) is 30.3 Å². The molecule has 1 heterocycles. The van der Waals surface area contributed by atoms with Crippen molar-refractivity contribution in [2.75, 3.05) is 20.1 Å². The van der Waals surface area contributed by atoms with Gasteiger partial charge in [-0.25, -0.2) is 0 Å². The first-order valence-electron chi connectivity index (χ1n) is 12.8. The molecule has 35 heavy (non-hydrogen) atoms. The molecule has 0 bridgehead atoms. The fourth-order valence-electron chi connectivity index (χ4n) is 3.54. The summed E-state index contributed by atoms with van der Waals surface area (Å²) in [6.45, 7) is 9.70. The second-order valence-electron chi connectivity index (χ2n) is 9.45. The topological polar surface area (TPSA) is 139 Å². The number of carbonyl (C=O) groups excluding carboxylic acids is 3. The number of carbonyl (C=O) groups is 3. The Morgan fingerprint density at radius 1 is 1.17 bits per heavy atom. The molecule has 3 atom stereocenters. The number of hydrogen-bond donors (Lipinski definition) is 4. The van der Waals surface area contributed by atoms with Crippen molar-refractivity contribution in [1.29, 1.82) is 0 Å². The minimum absolute atomic E-state index is 0.106. The Kier molecular flexibility index (Phi) is 17.7. The summed E-state index contributed by atoms with van der Waals surface area (Å²) in [5.41, 5.74) is 11.2. The molecule has 1 aromatic carbocycles. The van der Waals surface area contributed by atoms with Gasteiger partial charge in [0.1, 0.15) is 6.29 Å². The first kappa shape index (κ1) is 32.7. The third-order valence-electron chi connectivity index (χ3n) is 5.67. The molecule has 1 saturated carbocycles. The van der Waals surface area contributed by atoms with E-state index in [-0.39, 0.29) is 18.5 Å². The predicted molar refractivity (Wildman–Crippen MR) is 142 cm³/mol. The largest absolute Gasteiger partial charge is 0.381 e. The molecule has 1 aliphatic heterocycles. The van der Waals surface area contributed by atoms with Crippen LogP contribution in [0.25, 0.3) is 0 Å². The lowest BCUT2D eigenvalue weighted by molar-refractivity contribution is -0.131. The molecule has 1 aromatic rings. The Morgan fingerprint density at radius 3 is 2.06 bits per heavy atom. The van der Waals surface area contributed by atoms with Crippen LogP contribution in [-0.2, 0) is 14.4 Å². The Labute approximate surface area is 211 Å². The van der Waals surface area contributed by atoms with Crippen LogP contribution in [0, 0.1) is 5.92 Å². The molecular weight excluding hydrogens is 444 g/mol. The molecular formula is C27H48N4O4. The molecule has 2 fully saturated rings. The fourth-order valence-corrected chi connectivity index (χ4v) is 3.54. The van der Waals surface area contributed by atoms with Crippen molar-refractivity contribution in [2.45, 2.75) is 90.3 Å². The molecule has 3 unspecified atom stereocenters. The summed E-state index contributed by atoms with van der Waals surface area (Å²) in [5, 5.41) is 12.6. The van der Waals surface area contributed by atoms with E-state index >= 15 is 0 Å². The van der Waals surface area contributed by atoms with Gasteiger partial charge in [0.2, 0.25) is 11.8 Å². The minimum Gasteiger partial charge on any atom is -0.381 e. The van der Waals surface area contributed by atoms with E-state index in [1.54, 1.807) is 0 Å². The Balaban J connectivity index is 0.000000597. The summed E-state index contributed by atoms with van der Waals surface area (Å²) < 4.78 is 0. The highest BCUT2D eigenvalue weighted by molar-refractivity contribution is 5.84. The van der Waals surface area contributed by atoms with Crippen molar-refractivity contribution in [3.8, 4) is 0 Å². The Bertz CT molecular complexity index is 710. The van der Waals surface area contributed by atoms with Crippen molar-refractivity contribution in [3.05, 3.63) is 35.9 Å². The number of benzene rings is 1. The van der Waals surface area contributed by atoms with Gasteiger partial charge >= 0.3 is 0 Å². The summed E-state index contributed by atoms with van der Waals surface area (Å²) in [6, 6.07) is 9.82. The number of hydrogen-bond acceptors (Lipinski definition) is 6. The molecule has 0 radical (unpaired) electrons. The Hall–Kier alpha value is -2.29. The van der Waals surface area contributed by atoms with Crippen molar-refractivity contribution in [3.63, 3.8) is 0 Å². The molecule has 0 spiro atoms. The van der Waals surface area contributed by atoms with Crippen molar-refractivity contribution < 1.29 is 19.5 Å². The van der Waals surface area contributed by atoms with Gasteiger partial charge in [0.25, 0.3) is 0 Å². The summed E-state index contributed by atoms with van der Waals surface area (Å²) in [7, 11) is 1.91. The summed E-state index contributed by atoms with van der Waals surface area (Å²) in [6.07, 6.45) is 5.26. The standard InChI is InChI=1S/C13H23N3O3.C9H12.C3H8.C2H5NO/c1-16-6-2-3-10(16)13(19)15-9(7-8-4-5-8)11(17)12(14)18;1-8(2)9-6-4-3-5-7-9;1-3-2;3-1-2-4/h8-11,17H,2-7H2,1H3,(H2,14,18)(H,15,19);3-8H,1-2H3;3H2,1-2H3;2H,1,3H2. The SMILES string of the molecule is CC(C)c1ccccc1.CCC.CN1CCCC1C(=O)NC(CC1CC1)C(O)C(N)=O.NCC=O. The normalized spacial score (nSPS) is 18.5. The van der Waals surface area contributed by atoms with Gasteiger partial charge in [-0.05, 0) is 50.3 Å². The first-order chi connectivity index (χ1) is 16.6. The van der Waals surface area contributed by atoms with E-state index < -0.39 is 18.1 Å². The van der Waals surface area contributed by atoms with Crippen LogP contribution in [-0.4, -0.2) is 66.4 Å². The lowest BCUT2D eigenvalue weighted by atomic mass is 10.0. The van der Waals surface area contributed by atoms with Crippen LogP contribution in [0.4, 0.5) is 0 Å². The zero-order valence-corrected chi connectivity index (χ0v) is 22.3. The average molecular weight is 493 g/mol. The van der Waals surface area contributed by atoms with E-state index in [9.17, 15) is 14.7 Å². The molecule has 2 aliphatic rings. The fraction of sp³-hybridized carbons (Fsp3) is 0.667. The van der Waals surface area contributed by atoms with Crippen molar-refractivity contribution in [1.82, 2.24) is 10.2 Å². The quantitative estimate of drug-likeness (QED) is 0.411. The molecule has 2 amide bonds. The van der Waals surface area contributed by atoms with E-state index in [0.29, 0.717) is 24.5 Å². The lowest BCUT2D eigenvalue weighted by Crippen LogP contribution is -2.53. The number of aldehydes is 1. The smallest absolute Gasteiger partial charge is 0.248 e. The van der Waals surface area contributed by atoms with E-state index in [4.69, 9.17) is 10.5 Å². The Morgan fingerprint density at radius 2 is 1.71 bits per heavy atom. The summed E-state index contributed by atoms with van der Waals surface area (Å²) in [4.78, 5) is 34.3. The van der Waals surface area contributed by atoms with E-state index in [0.717, 1.165) is 32.2 Å². The number of aliphatic hydroxyl groups excluding tert-OH is 1. The summed E-state index contributed by atoms with van der Waals surface area (Å²) in [5.74, 6) is 0.281. The number of nitrogens with zero attached hydrogens (tertiary/aromatic N) is 1. The van der Waals surface area contributed by atoms with Gasteiger partial charge < -0.3 is 26.7 Å². The average Bonchev–Trinajstić information content (AvgIpc) is 3.56. The van der Waals surface area contributed by atoms with E-state index in [1.807, 2.05) is 18.0 Å². The number of rotatable bonds is 8. The number of likely N-dealkylation sites (N-methyl/N-ethyl adjacent to an activating group) is 1. The van der Waals surface area contributed by atoms with Gasteiger partial charge in [-0.15, -0.1) is 0 Å². The second-order valence-corrected chi connectivity index (χ2v) is 9.45. The van der Waals surface area contributed by atoms with Gasteiger partial charge in [0, 0.05) is 6.54 Å². The van der Waals surface area contributed by atoms with E-state index in [1.165, 1.54) is 12.0 Å². The van der Waals surface area contributed by atoms with Gasteiger partial charge in [-0.1, -0.05) is 77.3 Å². The highest BCUT2D eigenvalue weighted by atomic mass is 16.3. The number of likely N-dealkylation sites (tertiary alicyclic amines) is 1. The monoisotopic (exact) mass is 492 g/mol. The van der Waals surface area contributed by atoms with Crippen LogP contribution < -0.4 is 16.8 Å². The van der Waals surface area contributed by atoms with Crippen molar-refractivity contribution >= 4 is 18.1 Å². The number of amides is 2. The second kappa shape index (κ2) is 19.0. The first-order valence-corrected chi connectivity index (χ1v) is 12.8. The minimum atomic E-state index is -1.30. The lowest BCUT2D eigenvalue weighted by Gasteiger charge is -2.26. The maximum atomic E-state index is 12.2. The number of aliphatic hydroxyl groups is 1. The van der Waals surface area contributed by atoms with Crippen LogP contribution in [0.5, 0.6) is 0 Å². The number of nitrogens with two attached hydrogens (primary N) is 2. The highest BCUT2D eigenvalue weighted by Crippen LogP contribution is 2.34. The maximum Gasteiger partial charge on any atom is 0.248 e. The van der Waals surface area contributed by atoms with Gasteiger partial charge in [0.15, 0.2) is 6.10 Å². The number of nitrogens with one attached hydrogen (secondary N) is 1. The predicted octanol–water partition coefficient (Wildman–Crippen LogP) is 2.58. The maximum absolute atomic E-state index is 12.2. The van der Waals surface area contributed by atoms with Crippen molar-refractivity contribution in [2.24, 2.45) is 17.4 Å². The van der Waals surface area contributed by atoms with Gasteiger partial charge in [-0.3, -0.25) is 14.5 Å². The molecule has 6 N–H and O–H groups in total. The third kappa shape index (κ3) is 14.7. The molecule has 8 nitrogen and oxygen atoms in total. The van der Waals surface area contributed by atoms with Crippen LogP contribution in [0.1, 0.15) is 77.7 Å². The summed E-state index contributed by atoms with van der Waals surface area (Å²) >= 11 is 0. The van der Waals surface area contributed by atoms with Crippen LogP contribution >= 0.6 is 0 Å². The molecule has 1 saturated heterocycles. The molecule has 0 aromatic heterocycles. The molecule has 200 valence electrons. The number of primary amides is 1. The zero-order valence-electron chi connectivity index (χ0n) is 22.3. The van der Waals surface area contributed by atoms with E-state index in [2.05, 4.69) is 63.0 Å². The van der Waals surface area contributed by atoms with Gasteiger partial charge in [0.05, 0.1) is 12.1 Å². The zero-order chi connectivity index (χ0) is 26.8. The third-order valence-corrected chi connectivity index (χ3v) is 5.67.